The van der Waals surface area contributed by atoms with Crippen molar-refractivity contribution in [2.45, 2.75) is 45.6 Å². The Hall–Kier alpha value is -0.810. The van der Waals surface area contributed by atoms with Crippen molar-refractivity contribution in [1.29, 1.82) is 0 Å². The molecule has 1 aliphatic carbocycles. The van der Waals surface area contributed by atoms with Gasteiger partial charge < -0.3 is 19.9 Å². The molecule has 1 saturated carbocycles. The second kappa shape index (κ2) is 7.64. The molecular formula is C17H33N3O2. The van der Waals surface area contributed by atoms with Gasteiger partial charge in [-0.2, -0.15) is 0 Å². The summed E-state index contributed by atoms with van der Waals surface area (Å²) in [6.07, 6.45) is 3.63. The number of ether oxygens (including phenoxy) is 1. The van der Waals surface area contributed by atoms with Gasteiger partial charge in [-0.05, 0) is 72.0 Å². The van der Waals surface area contributed by atoms with Crippen LogP contribution >= 0.6 is 0 Å². The van der Waals surface area contributed by atoms with Crippen molar-refractivity contribution in [2.24, 2.45) is 11.8 Å². The summed E-state index contributed by atoms with van der Waals surface area (Å²) >= 11 is 0. The number of likely N-dealkylation sites (tertiary alicyclic amines) is 1. The van der Waals surface area contributed by atoms with Gasteiger partial charge in [0.2, 0.25) is 0 Å². The number of rotatable bonds is 7. The summed E-state index contributed by atoms with van der Waals surface area (Å²) in [5, 5.41) is 3.26. The summed E-state index contributed by atoms with van der Waals surface area (Å²) in [7, 11) is 2.02. The Labute approximate surface area is 135 Å². The van der Waals surface area contributed by atoms with Crippen LogP contribution < -0.4 is 5.32 Å². The van der Waals surface area contributed by atoms with Gasteiger partial charge in [-0.3, -0.25) is 0 Å². The zero-order valence-corrected chi connectivity index (χ0v) is 14.7. The number of carbonyl (C=O) groups is 1. The van der Waals surface area contributed by atoms with Crippen molar-refractivity contribution in [3.05, 3.63) is 0 Å². The van der Waals surface area contributed by atoms with Crippen LogP contribution in [-0.2, 0) is 4.74 Å². The molecule has 0 aromatic heterocycles. The average molecular weight is 311 g/mol. The number of hydrogen-bond acceptors (Lipinski definition) is 4. The lowest BCUT2D eigenvalue weighted by Gasteiger charge is -2.29. The van der Waals surface area contributed by atoms with Gasteiger partial charge in [-0.15, -0.1) is 0 Å². The van der Waals surface area contributed by atoms with E-state index < -0.39 is 5.60 Å². The van der Waals surface area contributed by atoms with E-state index in [1.807, 2.05) is 32.7 Å². The van der Waals surface area contributed by atoms with Gasteiger partial charge in [-0.25, -0.2) is 4.79 Å². The van der Waals surface area contributed by atoms with Crippen LogP contribution in [0.1, 0.15) is 40.0 Å². The van der Waals surface area contributed by atoms with Crippen molar-refractivity contribution in [2.75, 3.05) is 46.3 Å². The lowest BCUT2D eigenvalue weighted by Crippen LogP contribution is -2.42. The maximum Gasteiger partial charge on any atom is 0.410 e. The van der Waals surface area contributed by atoms with Crippen LogP contribution in [0.2, 0.25) is 0 Å². The van der Waals surface area contributed by atoms with Crippen LogP contribution in [0.25, 0.3) is 0 Å². The highest BCUT2D eigenvalue weighted by molar-refractivity contribution is 5.68. The molecule has 22 heavy (non-hydrogen) atoms. The SMILES string of the molecule is CNCC1CCN(CCN(CC2CC2)C(=O)OC(C)(C)C)C1. The molecule has 1 aliphatic heterocycles. The second-order valence-corrected chi connectivity index (χ2v) is 7.88. The third-order valence-corrected chi connectivity index (χ3v) is 4.38. The minimum atomic E-state index is -0.412. The van der Waals surface area contributed by atoms with Crippen LogP contribution in [0.5, 0.6) is 0 Å². The topological polar surface area (TPSA) is 44.8 Å². The fourth-order valence-electron chi connectivity index (χ4n) is 3.03. The van der Waals surface area contributed by atoms with Gasteiger partial charge in [-0.1, -0.05) is 0 Å². The van der Waals surface area contributed by atoms with Crippen molar-refractivity contribution in [3.8, 4) is 0 Å². The fourth-order valence-corrected chi connectivity index (χ4v) is 3.03. The molecule has 1 N–H and O–H groups in total. The summed E-state index contributed by atoms with van der Waals surface area (Å²) in [5.74, 6) is 1.45. The molecule has 1 unspecified atom stereocenters. The summed E-state index contributed by atoms with van der Waals surface area (Å²) in [4.78, 5) is 16.8. The number of nitrogens with zero attached hydrogens (tertiary/aromatic N) is 2. The van der Waals surface area contributed by atoms with E-state index in [9.17, 15) is 4.79 Å². The van der Waals surface area contributed by atoms with E-state index in [2.05, 4.69) is 10.2 Å². The zero-order valence-electron chi connectivity index (χ0n) is 14.7. The third-order valence-electron chi connectivity index (χ3n) is 4.38. The first-order chi connectivity index (χ1) is 10.4. The van der Waals surface area contributed by atoms with Gasteiger partial charge in [0, 0.05) is 26.2 Å². The van der Waals surface area contributed by atoms with Crippen LogP contribution in [0.3, 0.4) is 0 Å². The minimum absolute atomic E-state index is 0.148. The van der Waals surface area contributed by atoms with Gasteiger partial charge in [0.15, 0.2) is 0 Å². The molecule has 1 amide bonds. The Kier molecular flexibility index (Phi) is 6.09. The molecule has 1 saturated heterocycles. The Morgan fingerprint density at radius 2 is 2.00 bits per heavy atom. The fraction of sp³-hybridized carbons (Fsp3) is 0.941. The number of nitrogens with one attached hydrogen (secondary N) is 1. The molecule has 0 radical (unpaired) electrons. The van der Waals surface area contributed by atoms with Crippen LogP contribution in [0.15, 0.2) is 0 Å². The molecule has 5 nitrogen and oxygen atoms in total. The molecule has 0 aromatic carbocycles. The largest absolute Gasteiger partial charge is 0.444 e. The lowest BCUT2D eigenvalue weighted by atomic mass is 10.1. The van der Waals surface area contributed by atoms with Gasteiger partial charge >= 0.3 is 6.09 Å². The first-order valence-electron chi connectivity index (χ1n) is 8.72. The number of amides is 1. The van der Waals surface area contributed by atoms with Crippen LogP contribution in [0.4, 0.5) is 4.79 Å². The van der Waals surface area contributed by atoms with Crippen molar-refractivity contribution in [1.82, 2.24) is 15.1 Å². The van der Waals surface area contributed by atoms with Crippen LogP contribution in [0, 0.1) is 11.8 Å². The van der Waals surface area contributed by atoms with E-state index in [4.69, 9.17) is 4.74 Å². The standard InChI is InChI=1S/C17H33N3O2/c1-17(2,3)22-16(21)20(13-14-5-6-14)10-9-19-8-7-15(12-19)11-18-4/h14-15,18H,5-13H2,1-4H3. The summed E-state index contributed by atoms with van der Waals surface area (Å²) in [6.45, 7) is 11.8. The predicted octanol–water partition coefficient (Wildman–Crippen LogP) is 2.17. The highest BCUT2D eigenvalue weighted by Gasteiger charge is 2.30. The second-order valence-electron chi connectivity index (χ2n) is 7.88. The van der Waals surface area contributed by atoms with Crippen molar-refractivity contribution < 1.29 is 9.53 Å². The molecule has 2 aliphatic rings. The van der Waals surface area contributed by atoms with E-state index >= 15 is 0 Å². The normalized spacial score (nSPS) is 22.8. The number of hydrogen-bond donors (Lipinski definition) is 1. The zero-order chi connectivity index (χ0) is 16.2. The smallest absolute Gasteiger partial charge is 0.410 e. The Balaban J connectivity index is 1.78. The monoisotopic (exact) mass is 311 g/mol. The predicted molar refractivity (Wildman–Crippen MR) is 89.0 cm³/mol. The highest BCUT2D eigenvalue weighted by Crippen LogP contribution is 2.30. The first-order valence-corrected chi connectivity index (χ1v) is 8.72. The Morgan fingerprint density at radius 1 is 1.27 bits per heavy atom. The quantitative estimate of drug-likeness (QED) is 0.783. The molecule has 1 heterocycles. The molecule has 0 spiro atoms. The Bertz CT molecular complexity index is 363. The first kappa shape index (κ1) is 17.5. The summed E-state index contributed by atoms with van der Waals surface area (Å²) < 4.78 is 5.56. The molecule has 1 atom stereocenters. The Morgan fingerprint density at radius 3 is 2.59 bits per heavy atom. The van der Waals surface area contributed by atoms with E-state index in [-0.39, 0.29) is 6.09 Å². The number of carbonyl (C=O) groups excluding carboxylic acids is 1. The molecule has 0 bridgehead atoms. The molecule has 2 fully saturated rings. The third kappa shape index (κ3) is 6.13. The van der Waals surface area contributed by atoms with E-state index in [0.717, 1.165) is 45.2 Å². The van der Waals surface area contributed by atoms with Crippen molar-refractivity contribution in [3.63, 3.8) is 0 Å². The summed E-state index contributed by atoms with van der Waals surface area (Å²) in [5.41, 5.74) is -0.412. The van der Waals surface area contributed by atoms with Crippen molar-refractivity contribution >= 4 is 6.09 Å². The highest BCUT2D eigenvalue weighted by atomic mass is 16.6. The lowest BCUT2D eigenvalue weighted by molar-refractivity contribution is 0.0226. The molecule has 0 aromatic rings. The summed E-state index contributed by atoms with van der Waals surface area (Å²) in [6, 6.07) is 0. The van der Waals surface area contributed by atoms with Gasteiger partial charge in [0.05, 0.1) is 0 Å². The molecular weight excluding hydrogens is 278 g/mol. The molecule has 2 rings (SSSR count). The minimum Gasteiger partial charge on any atom is -0.444 e. The maximum atomic E-state index is 12.4. The average Bonchev–Trinajstić information content (AvgIpc) is 3.12. The van der Waals surface area contributed by atoms with E-state index in [1.54, 1.807) is 0 Å². The van der Waals surface area contributed by atoms with Gasteiger partial charge in [0.1, 0.15) is 5.60 Å². The van der Waals surface area contributed by atoms with Gasteiger partial charge in [0.25, 0.3) is 0 Å². The molecule has 5 heteroatoms. The van der Waals surface area contributed by atoms with E-state index in [1.165, 1.54) is 19.3 Å². The van der Waals surface area contributed by atoms with Crippen LogP contribution in [-0.4, -0.2) is 67.8 Å². The maximum absolute atomic E-state index is 12.4. The molecule has 128 valence electrons. The van der Waals surface area contributed by atoms with E-state index in [0.29, 0.717) is 5.92 Å².